The van der Waals surface area contributed by atoms with Gasteiger partial charge in [0.25, 0.3) is 5.91 Å². The maximum atomic E-state index is 12.1. The lowest BCUT2D eigenvalue weighted by Gasteiger charge is -2.07. The number of esters is 1. The van der Waals surface area contributed by atoms with E-state index in [0.29, 0.717) is 10.7 Å². The zero-order valence-corrected chi connectivity index (χ0v) is 15.4. The molecule has 0 fully saturated rings. The van der Waals surface area contributed by atoms with E-state index in [1.54, 1.807) is 23.6 Å². The average Bonchev–Trinajstić information content (AvgIpc) is 3.14. The number of ether oxygens (including phenoxy) is 1. The Hall–Kier alpha value is -2.70. The molecular weight excluding hydrogens is 372 g/mol. The molecule has 0 aliphatic carbocycles. The van der Waals surface area contributed by atoms with E-state index >= 15 is 0 Å². The minimum absolute atomic E-state index is 0.181. The lowest BCUT2D eigenvalue weighted by molar-refractivity contribution is -0.119. The van der Waals surface area contributed by atoms with Gasteiger partial charge in [0.15, 0.2) is 12.3 Å². The Bertz CT molecular complexity index is 941. The SMILES string of the molecule is Cc1ccc(NC(=O)COC(=O)c2csc(-c3ccccc3)n2)cc1Cl. The van der Waals surface area contributed by atoms with Gasteiger partial charge in [0, 0.05) is 21.7 Å². The molecule has 0 aliphatic rings. The Morgan fingerprint density at radius 3 is 2.69 bits per heavy atom. The molecule has 3 rings (SSSR count). The van der Waals surface area contributed by atoms with Gasteiger partial charge in [-0.15, -0.1) is 11.3 Å². The van der Waals surface area contributed by atoms with Gasteiger partial charge in [0.1, 0.15) is 5.01 Å². The number of anilines is 1. The fourth-order valence-electron chi connectivity index (χ4n) is 2.15. The smallest absolute Gasteiger partial charge is 0.358 e. The molecule has 0 atom stereocenters. The first kappa shape index (κ1) is 18.1. The molecule has 0 bridgehead atoms. The summed E-state index contributed by atoms with van der Waals surface area (Å²) in [7, 11) is 0. The predicted molar refractivity (Wildman–Crippen MR) is 103 cm³/mol. The highest BCUT2D eigenvalue weighted by molar-refractivity contribution is 7.13. The van der Waals surface area contributed by atoms with Crippen LogP contribution in [-0.2, 0) is 9.53 Å². The molecule has 1 heterocycles. The fourth-order valence-corrected chi connectivity index (χ4v) is 3.13. The van der Waals surface area contributed by atoms with Crippen LogP contribution in [0.4, 0.5) is 5.69 Å². The third kappa shape index (κ3) is 4.47. The van der Waals surface area contributed by atoms with Crippen molar-refractivity contribution in [2.24, 2.45) is 0 Å². The van der Waals surface area contributed by atoms with E-state index in [2.05, 4.69) is 10.3 Å². The normalized spacial score (nSPS) is 10.4. The number of thiazole rings is 1. The largest absolute Gasteiger partial charge is 0.451 e. The van der Waals surface area contributed by atoms with Crippen LogP contribution >= 0.6 is 22.9 Å². The highest BCUT2D eigenvalue weighted by Crippen LogP contribution is 2.23. The molecule has 0 spiro atoms. The first-order chi connectivity index (χ1) is 12.5. The third-order valence-corrected chi connectivity index (χ3v) is 4.82. The van der Waals surface area contributed by atoms with E-state index in [0.717, 1.165) is 16.1 Å². The van der Waals surface area contributed by atoms with Crippen molar-refractivity contribution in [3.8, 4) is 10.6 Å². The van der Waals surface area contributed by atoms with E-state index in [9.17, 15) is 9.59 Å². The van der Waals surface area contributed by atoms with E-state index < -0.39 is 18.5 Å². The number of aryl methyl sites for hydroxylation is 1. The molecule has 1 amide bonds. The summed E-state index contributed by atoms with van der Waals surface area (Å²) < 4.78 is 5.03. The van der Waals surface area contributed by atoms with Crippen molar-refractivity contribution in [2.45, 2.75) is 6.92 Å². The van der Waals surface area contributed by atoms with Crippen molar-refractivity contribution in [2.75, 3.05) is 11.9 Å². The molecule has 0 saturated heterocycles. The van der Waals surface area contributed by atoms with Crippen molar-refractivity contribution in [1.82, 2.24) is 4.98 Å². The Morgan fingerprint density at radius 2 is 1.96 bits per heavy atom. The van der Waals surface area contributed by atoms with Crippen LogP contribution in [0.1, 0.15) is 16.1 Å². The van der Waals surface area contributed by atoms with Crippen LogP contribution in [0.5, 0.6) is 0 Å². The number of hydrogen-bond donors (Lipinski definition) is 1. The van der Waals surface area contributed by atoms with Crippen LogP contribution in [0.25, 0.3) is 10.6 Å². The molecule has 0 radical (unpaired) electrons. The zero-order valence-electron chi connectivity index (χ0n) is 13.9. The number of amides is 1. The van der Waals surface area contributed by atoms with E-state index in [1.807, 2.05) is 37.3 Å². The van der Waals surface area contributed by atoms with Crippen molar-refractivity contribution in [1.29, 1.82) is 0 Å². The van der Waals surface area contributed by atoms with E-state index in [4.69, 9.17) is 16.3 Å². The highest BCUT2D eigenvalue weighted by atomic mass is 35.5. The molecule has 7 heteroatoms. The molecule has 5 nitrogen and oxygen atoms in total. The molecule has 132 valence electrons. The van der Waals surface area contributed by atoms with Gasteiger partial charge in [-0.1, -0.05) is 48.0 Å². The van der Waals surface area contributed by atoms with Crippen molar-refractivity contribution < 1.29 is 14.3 Å². The van der Waals surface area contributed by atoms with Gasteiger partial charge < -0.3 is 10.1 Å². The summed E-state index contributed by atoms with van der Waals surface area (Å²) in [5.41, 5.74) is 2.56. The first-order valence-corrected chi connectivity index (χ1v) is 9.03. The van der Waals surface area contributed by atoms with Gasteiger partial charge in [-0.05, 0) is 24.6 Å². The topological polar surface area (TPSA) is 68.3 Å². The summed E-state index contributed by atoms with van der Waals surface area (Å²) in [6, 6.07) is 14.7. The van der Waals surface area contributed by atoms with Gasteiger partial charge >= 0.3 is 5.97 Å². The van der Waals surface area contributed by atoms with E-state index in [1.165, 1.54) is 11.3 Å². The van der Waals surface area contributed by atoms with Crippen LogP contribution in [0.2, 0.25) is 5.02 Å². The van der Waals surface area contributed by atoms with Crippen LogP contribution in [0.3, 0.4) is 0 Å². The van der Waals surface area contributed by atoms with Crippen molar-refractivity contribution >= 4 is 40.5 Å². The maximum Gasteiger partial charge on any atom is 0.358 e. The van der Waals surface area contributed by atoms with Crippen LogP contribution in [0, 0.1) is 6.92 Å². The second kappa shape index (κ2) is 8.12. The maximum absolute atomic E-state index is 12.1. The van der Waals surface area contributed by atoms with Crippen LogP contribution < -0.4 is 5.32 Å². The number of nitrogens with zero attached hydrogens (tertiary/aromatic N) is 1. The van der Waals surface area contributed by atoms with Gasteiger partial charge in [-0.25, -0.2) is 9.78 Å². The molecule has 3 aromatic rings. The molecule has 1 aromatic heterocycles. The number of nitrogens with one attached hydrogen (secondary N) is 1. The monoisotopic (exact) mass is 386 g/mol. The Labute approximate surface area is 159 Å². The number of aromatic nitrogens is 1. The summed E-state index contributed by atoms with van der Waals surface area (Å²) in [4.78, 5) is 28.2. The fraction of sp³-hybridized carbons (Fsp3) is 0.105. The number of carbonyl (C=O) groups is 2. The standard InChI is InChI=1S/C19H15ClN2O3S/c1-12-7-8-14(9-15(12)20)21-17(23)10-25-19(24)16-11-26-18(22-16)13-5-3-2-4-6-13/h2-9,11H,10H2,1H3,(H,21,23). The van der Waals surface area contributed by atoms with Gasteiger partial charge in [-0.2, -0.15) is 0 Å². The Kier molecular flexibility index (Phi) is 5.65. The van der Waals surface area contributed by atoms with Crippen molar-refractivity contribution in [3.05, 3.63) is 70.2 Å². The average molecular weight is 387 g/mol. The summed E-state index contributed by atoms with van der Waals surface area (Å²) in [5, 5.41) is 5.51. The van der Waals surface area contributed by atoms with Gasteiger partial charge in [0.2, 0.25) is 0 Å². The summed E-state index contributed by atoms with van der Waals surface area (Å²) in [6.45, 7) is 1.47. The zero-order chi connectivity index (χ0) is 18.5. The highest BCUT2D eigenvalue weighted by Gasteiger charge is 2.15. The third-order valence-electron chi connectivity index (χ3n) is 3.52. The number of halogens is 1. The summed E-state index contributed by atoms with van der Waals surface area (Å²) >= 11 is 7.36. The minimum atomic E-state index is -0.638. The molecule has 1 N–H and O–H groups in total. The Balaban J connectivity index is 1.56. The second-order valence-electron chi connectivity index (χ2n) is 5.49. The van der Waals surface area contributed by atoms with Crippen molar-refractivity contribution in [3.63, 3.8) is 0 Å². The quantitative estimate of drug-likeness (QED) is 0.652. The molecule has 0 saturated carbocycles. The van der Waals surface area contributed by atoms with E-state index in [-0.39, 0.29) is 5.69 Å². The number of rotatable bonds is 5. The van der Waals surface area contributed by atoms with Gasteiger partial charge in [-0.3, -0.25) is 4.79 Å². The molecule has 26 heavy (non-hydrogen) atoms. The molecule has 2 aromatic carbocycles. The number of hydrogen-bond acceptors (Lipinski definition) is 5. The number of carbonyl (C=O) groups excluding carboxylic acids is 2. The molecule has 0 unspecified atom stereocenters. The lowest BCUT2D eigenvalue weighted by Crippen LogP contribution is -2.21. The summed E-state index contributed by atoms with van der Waals surface area (Å²) in [6.07, 6.45) is 0. The van der Waals surface area contributed by atoms with Crippen LogP contribution in [0.15, 0.2) is 53.9 Å². The predicted octanol–water partition coefficient (Wildman–Crippen LogP) is 4.57. The molecule has 0 aliphatic heterocycles. The van der Waals surface area contributed by atoms with Crippen LogP contribution in [-0.4, -0.2) is 23.5 Å². The minimum Gasteiger partial charge on any atom is -0.451 e. The first-order valence-electron chi connectivity index (χ1n) is 7.77. The second-order valence-corrected chi connectivity index (χ2v) is 6.76. The number of benzene rings is 2. The summed E-state index contributed by atoms with van der Waals surface area (Å²) in [5.74, 6) is -1.09. The van der Waals surface area contributed by atoms with Gasteiger partial charge in [0.05, 0.1) is 0 Å². The molecular formula is C19H15ClN2O3S. The Morgan fingerprint density at radius 1 is 1.19 bits per heavy atom. The lowest BCUT2D eigenvalue weighted by atomic mass is 10.2.